The molecule has 0 unspecified atom stereocenters. The number of carbonyl (C=O) groups is 1. The van der Waals surface area contributed by atoms with Gasteiger partial charge in [-0.3, -0.25) is 4.79 Å². The van der Waals surface area contributed by atoms with Crippen LogP contribution in [0, 0.1) is 36.8 Å². The highest BCUT2D eigenvalue weighted by molar-refractivity contribution is 5.91. The summed E-state index contributed by atoms with van der Waals surface area (Å²) in [5, 5.41) is 9.33. The smallest absolute Gasteiger partial charge is 0.196 e. The average molecular weight is 331 g/mol. The van der Waals surface area contributed by atoms with Gasteiger partial charge >= 0.3 is 0 Å². The van der Waals surface area contributed by atoms with Crippen molar-refractivity contribution in [1.82, 2.24) is 9.97 Å². The quantitative estimate of drug-likeness (QED) is 0.842. The van der Waals surface area contributed by atoms with E-state index in [1.165, 1.54) is 13.0 Å². The fourth-order valence-electron chi connectivity index (χ4n) is 2.22. The number of carbonyl (C=O) groups excluding carboxylic acids is 1. The Bertz CT molecular complexity index is 798. The number of nitriles is 1. The highest BCUT2D eigenvalue weighted by atomic mass is 19.2. The summed E-state index contributed by atoms with van der Waals surface area (Å²) >= 11 is 0. The molecule has 0 aliphatic rings. The molecule has 0 aliphatic heterocycles. The Kier molecular flexibility index (Phi) is 5.19. The van der Waals surface area contributed by atoms with Crippen LogP contribution in [-0.4, -0.2) is 21.9 Å². The van der Waals surface area contributed by atoms with Crippen LogP contribution in [0.3, 0.4) is 0 Å². The van der Waals surface area contributed by atoms with Crippen LogP contribution >= 0.6 is 0 Å². The molecule has 2 rings (SSSR count). The first kappa shape index (κ1) is 17.5. The number of benzene rings is 1. The molecule has 0 spiro atoms. The maximum atomic E-state index is 13.2. The Morgan fingerprint density at radius 3 is 2.50 bits per heavy atom. The molecular formula is C17H15F2N3O2. The minimum atomic E-state index is -1.13. The minimum Gasteiger partial charge on any atom is -0.483 e. The molecule has 24 heavy (non-hydrogen) atoms. The molecule has 0 aliphatic carbocycles. The van der Waals surface area contributed by atoms with E-state index >= 15 is 0 Å². The lowest BCUT2D eigenvalue weighted by atomic mass is 9.97. The molecule has 7 heteroatoms. The van der Waals surface area contributed by atoms with Crippen LogP contribution in [-0.2, 0) is 4.79 Å². The van der Waals surface area contributed by atoms with Crippen LogP contribution in [0.5, 0.6) is 5.75 Å². The number of aromatic nitrogens is 2. The van der Waals surface area contributed by atoms with Gasteiger partial charge in [0.15, 0.2) is 29.4 Å². The van der Waals surface area contributed by atoms with E-state index in [1.807, 2.05) is 6.07 Å². The van der Waals surface area contributed by atoms with Crippen LogP contribution in [0.4, 0.5) is 8.78 Å². The van der Waals surface area contributed by atoms with Crippen LogP contribution in [0.15, 0.2) is 24.3 Å². The van der Waals surface area contributed by atoms with Crippen molar-refractivity contribution in [1.29, 1.82) is 5.26 Å². The molecule has 0 N–H and O–H groups in total. The molecule has 1 aromatic carbocycles. The summed E-state index contributed by atoms with van der Waals surface area (Å²) in [5.74, 6) is -3.30. The summed E-state index contributed by atoms with van der Waals surface area (Å²) in [7, 11) is 0. The van der Waals surface area contributed by atoms with Gasteiger partial charge in [0, 0.05) is 11.8 Å². The molecule has 0 fully saturated rings. The zero-order valence-corrected chi connectivity index (χ0v) is 13.4. The standard InChI is InChI=1S/C17H15F2N3O2/c1-9-6-16(22-11(3)21-9)13(8-20)17(23)10(2)24-12-4-5-14(18)15(19)7-12/h4-7,10,13H,1-3H3/t10-,13+/m1/s1. The lowest BCUT2D eigenvalue weighted by Gasteiger charge is -2.17. The van der Waals surface area contributed by atoms with Gasteiger partial charge < -0.3 is 4.74 Å². The summed E-state index contributed by atoms with van der Waals surface area (Å²) in [5.41, 5.74) is 0.924. The summed E-state index contributed by atoms with van der Waals surface area (Å²) in [6, 6.07) is 6.43. The SMILES string of the molecule is Cc1cc([C@H](C#N)C(=O)[C@@H](C)Oc2ccc(F)c(F)c2)nc(C)n1. The summed E-state index contributed by atoms with van der Waals surface area (Å²) in [4.78, 5) is 20.7. The van der Waals surface area contributed by atoms with Crippen molar-refractivity contribution < 1.29 is 18.3 Å². The molecule has 5 nitrogen and oxygen atoms in total. The number of ketones is 1. The third-order valence-electron chi connectivity index (χ3n) is 3.30. The minimum absolute atomic E-state index is 0.00138. The van der Waals surface area contributed by atoms with Crippen molar-refractivity contribution in [3.63, 3.8) is 0 Å². The number of nitrogens with zero attached hydrogens (tertiary/aromatic N) is 3. The predicted octanol–water partition coefficient (Wildman–Crippen LogP) is 3.02. The second kappa shape index (κ2) is 7.13. The van der Waals surface area contributed by atoms with E-state index < -0.39 is 29.4 Å². The van der Waals surface area contributed by atoms with E-state index in [-0.39, 0.29) is 11.4 Å². The lowest BCUT2D eigenvalue weighted by Crippen LogP contribution is -2.29. The molecule has 0 saturated carbocycles. The summed E-state index contributed by atoms with van der Waals surface area (Å²) in [6.45, 7) is 4.84. The highest BCUT2D eigenvalue weighted by Crippen LogP contribution is 2.21. The number of halogens is 2. The van der Waals surface area contributed by atoms with E-state index in [0.717, 1.165) is 12.1 Å². The maximum Gasteiger partial charge on any atom is 0.196 e. The van der Waals surface area contributed by atoms with Crippen molar-refractivity contribution >= 4 is 5.78 Å². The van der Waals surface area contributed by atoms with Crippen LogP contribution in [0.1, 0.15) is 30.1 Å². The van der Waals surface area contributed by atoms with E-state index in [4.69, 9.17) is 4.74 Å². The Morgan fingerprint density at radius 2 is 1.92 bits per heavy atom. The van der Waals surface area contributed by atoms with Crippen LogP contribution in [0.25, 0.3) is 0 Å². The van der Waals surface area contributed by atoms with Crippen molar-refractivity contribution in [2.75, 3.05) is 0 Å². The largest absolute Gasteiger partial charge is 0.483 e. The molecule has 124 valence electrons. The molecule has 0 saturated heterocycles. The van der Waals surface area contributed by atoms with Gasteiger partial charge in [0.2, 0.25) is 0 Å². The molecule has 2 aromatic rings. The molecule has 1 heterocycles. The third kappa shape index (κ3) is 3.90. The molecule has 2 atom stereocenters. The maximum absolute atomic E-state index is 13.2. The number of Topliss-reactive ketones (excluding diaryl/α,β-unsaturated/α-hetero) is 1. The van der Waals surface area contributed by atoms with Gasteiger partial charge in [0.05, 0.1) is 11.8 Å². The second-order valence-electron chi connectivity index (χ2n) is 5.28. The molecule has 0 bridgehead atoms. The molecule has 1 aromatic heterocycles. The van der Waals surface area contributed by atoms with Gasteiger partial charge in [-0.2, -0.15) is 5.26 Å². The van der Waals surface area contributed by atoms with E-state index in [0.29, 0.717) is 11.5 Å². The monoisotopic (exact) mass is 331 g/mol. The predicted molar refractivity (Wildman–Crippen MR) is 81.3 cm³/mol. The number of rotatable bonds is 5. The normalized spacial score (nSPS) is 13.0. The Hall–Kier alpha value is -2.88. The van der Waals surface area contributed by atoms with E-state index in [9.17, 15) is 18.8 Å². The summed E-state index contributed by atoms with van der Waals surface area (Å²) in [6.07, 6.45) is -1.03. The fraction of sp³-hybridized carbons (Fsp3) is 0.294. The van der Waals surface area contributed by atoms with Crippen molar-refractivity contribution in [3.05, 3.63) is 53.1 Å². The highest BCUT2D eigenvalue weighted by Gasteiger charge is 2.28. The van der Waals surface area contributed by atoms with Gasteiger partial charge in [-0.1, -0.05) is 0 Å². The van der Waals surface area contributed by atoms with Gasteiger partial charge in [0.25, 0.3) is 0 Å². The molecule has 0 radical (unpaired) electrons. The van der Waals surface area contributed by atoms with E-state index in [2.05, 4.69) is 9.97 Å². The summed E-state index contributed by atoms with van der Waals surface area (Å²) < 4.78 is 31.4. The second-order valence-corrected chi connectivity index (χ2v) is 5.28. The number of hydrogen-bond acceptors (Lipinski definition) is 5. The zero-order chi connectivity index (χ0) is 17.9. The Labute approximate surface area is 137 Å². The Morgan fingerprint density at radius 1 is 1.21 bits per heavy atom. The lowest BCUT2D eigenvalue weighted by molar-refractivity contribution is -0.125. The van der Waals surface area contributed by atoms with Crippen molar-refractivity contribution in [3.8, 4) is 11.8 Å². The molecular weight excluding hydrogens is 316 g/mol. The van der Waals surface area contributed by atoms with Crippen molar-refractivity contribution in [2.45, 2.75) is 32.8 Å². The Balaban J connectivity index is 2.21. The van der Waals surface area contributed by atoms with Crippen LogP contribution in [0.2, 0.25) is 0 Å². The molecule has 0 amide bonds. The van der Waals surface area contributed by atoms with Gasteiger partial charge in [0.1, 0.15) is 11.6 Å². The topological polar surface area (TPSA) is 75.9 Å². The average Bonchev–Trinajstić information content (AvgIpc) is 2.50. The van der Waals surface area contributed by atoms with Gasteiger partial charge in [-0.25, -0.2) is 18.7 Å². The van der Waals surface area contributed by atoms with Crippen LogP contribution < -0.4 is 4.74 Å². The number of aryl methyl sites for hydroxylation is 2. The van der Waals surface area contributed by atoms with Crippen molar-refractivity contribution in [2.24, 2.45) is 0 Å². The number of hydrogen-bond donors (Lipinski definition) is 0. The zero-order valence-electron chi connectivity index (χ0n) is 13.4. The first-order valence-electron chi connectivity index (χ1n) is 7.19. The first-order chi connectivity index (χ1) is 11.3. The first-order valence-corrected chi connectivity index (χ1v) is 7.19. The third-order valence-corrected chi connectivity index (χ3v) is 3.30. The fourth-order valence-corrected chi connectivity index (χ4v) is 2.22. The number of ether oxygens (including phenoxy) is 1. The van der Waals surface area contributed by atoms with E-state index in [1.54, 1.807) is 19.9 Å². The van der Waals surface area contributed by atoms with Gasteiger partial charge in [-0.05, 0) is 39.0 Å². The van der Waals surface area contributed by atoms with Gasteiger partial charge in [-0.15, -0.1) is 0 Å².